The number of benzene rings is 4. The molecule has 0 saturated carbocycles. The SMILES string of the molecule is [Cl][Zr+2][Cl].c1ccc2[cH-]c(-n3c4ccccc4c4ccccc43)cc2c1.c1ccc2c(c1)cc[c-]2-n1cccc1. The Hall–Kier alpha value is -3.36. The largest absolute Gasteiger partial charge is 0.403 e. The maximum atomic E-state index is 4.93. The van der Waals surface area contributed by atoms with Crippen molar-refractivity contribution >= 4 is 60.4 Å². The van der Waals surface area contributed by atoms with E-state index in [0.29, 0.717) is 0 Å². The molecule has 0 aliphatic carbocycles. The van der Waals surface area contributed by atoms with Gasteiger partial charge in [0.1, 0.15) is 0 Å². The fourth-order valence-corrected chi connectivity index (χ4v) is 5.32. The third kappa shape index (κ3) is 5.15. The molecule has 0 N–H and O–H groups in total. The van der Waals surface area contributed by atoms with Gasteiger partial charge in [-0.05, 0) is 35.9 Å². The summed E-state index contributed by atoms with van der Waals surface area (Å²) in [4.78, 5) is 0. The van der Waals surface area contributed by atoms with Crippen molar-refractivity contribution in [2.75, 3.05) is 0 Å². The van der Waals surface area contributed by atoms with Gasteiger partial charge >= 0.3 is 37.9 Å². The summed E-state index contributed by atoms with van der Waals surface area (Å²) < 4.78 is 4.51. The molecule has 6 aromatic carbocycles. The van der Waals surface area contributed by atoms with E-state index in [-0.39, 0.29) is 0 Å². The van der Waals surface area contributed by atoms with Crippen molar-refractivity contribution in [1.82, 2.24) is 9.13 Å². The molecule has 0 spiro atoms. The average Bonchev–Trinajstić information content (AvgIpc) is 3.77. The molecule has 0 aliphatic heterocycles. The van der Waals surface area contributed by atoms with Gasteiger partial charge in [-0.2, -0.15) is 0 Å². The molecule has 8 rings (SSSR count). The molecule has 0 amide bonds. The number of aromatic nitrogens is 2. The summed E-state index contributed by atoms with van der Waals surface area (Å²) in [6, 6.07) is 47.2. The Morgan fingerprint density at radius 3 is 1.85 bits per heavy atom. The predicted octanol–water partition coefficient (Wildman–Crippen LogP) is 10.4. The molecule has 0 bridgehead atoms. The number of para-hydroxylation sites is 2. The number of rotatable bonds is 2. The average molecular weight is 623 g/mol. The van der Waals surface area contributed by atoms with Crippen molar-refractivity contribution in [1.29, 1.82) is 0 Å². The Morgan fingerprint density at radius 1 is 0.615 bits per heavy atom. The molecule has 2 nitrogen and oxygen atoms in total. The molecular weight excluding hydrogens is 599 g/mol. The topological polar surface area (TPSA) is 9.86 Å². The Balaban J connectivity index is 0.000000140. The van der Waals surface area contributed by atoms with Crippen molar-refractivity contribution in [2.45, 2.75) is 0 Å². The van der Waals surface area contributed by atoms with Gasteiger partial charge in [-0.15, -0.1) is 53.2 Å². The van der Waals surface area contributed by atoms with E-state index in [2.05, 4.69) is 143 Å². The van der Waals surface area contributed by atoms with E-state index in [1.165, 1.54) is 54.7 Å². The number of nitrogens with zero attached hydrogens (tertiary/aromatic N) is 2. The molecule has 0 fully saturated rings. The van der Waals surface area contributed by atoms with Crippen molar-refractivity contribution in [3.63, 3.8) is 0 Å². The van der Waals surface area contributed by atoms with Crippen molar-refractivity contribution in [3.05, 3.63) is 146 Å². The quantitative estimate of drug-likeness (QED) is 0.170. The molecule has 0 aliphatic rings. The van der Waals surface area contributed by atoms with E-state index >= 15 is 0 Å². The van der Waals surface area contributed by atoms with Gasteiger partial charge in [0, 0.05) is 10.8 Å². The standard InChI is InChI=1S/C21H14N.C13H10N.2ClH.Zr/c1-2-8-16-14-17(13-15(16)7-1)22-20-11-5-3-9-18(20)19-10-4-6-12-21(19)22;1-2-6-12-11(5-1)7-8-13(12)14-9-3-4-10-14;;;/h1-14H;1-10H;2*1H;/q2*-1;;;+4/p-2. The van der Waals surface area contributed by atoms with Crippen LogP contribution < -0.4 is 0 Å². The Kier molecular flexibility index (Phi) is 7.84. The number of hydrogen-bond acceptors (Lipinski definition) is 0. The van der Waals surface area contributed by atoms with Crippen LogP contribution in [0, 0.1) is 0 Å². The number of fused-ring (bicyclic) bond motifs is 5. The molecule has 188 valence electrons. The molecule has 8 aromatic rings. The zero-order valence-corrected chi connectivity index (χ0v) is 25.0. The summed E-state index contributed by atoms with van der Waals surface area (Å²) >= 11 is -0.826. The van der Waals surface area contributed by atoms with Crippen LogP contribution in [0.25, 0.3) is 54.7 Å². The van der Waals surface area contributed by atoms with Gasteiger partial charge in [0.15, 0.2) is 0 Å². The molecule has 0 saturated heterocycles. The minimum absolute atomic E-state index is 0.826. The van der Waals surface area contributed by atoms with Crippen molar-refractivity contribution in [3.8, 4) is 11.4 Å². The van der Waals surface area contributed by atoms with Crippen LogP contribution in [0.4, 0.5) is 0 Å². The third-order valence-electron chi connectivity index (χ3n) is 6.98. The third-order valence-corrected chi connectivity index (χ3v) is 6.98. The van der Waals surface area contributed by atoms with Crippen LogP contribution in [0.3, 0.4) is 0 Å². The van der Waals surface area contributed by atoms with Crippen LogP contribution in [0.1, 0.15) is 0 Å². The second-order valence-electron chi connectivity index (χ2n) is 9.18. The van der Waals surface area contributed by atoms with Gasteiger partial charge in [-0.25, -0.2) is 0 Å². The molecule has 2 aromatic heterocycles. The van der Waals surface area contributed by atoms with Crippen LogP contribution in [-0.2, 0) is 20.8 Å². The normalized spacial score (nSPS) is 10.7. The predicted molar refractivity (Wildman–Crippen MR) is 164 cm³/mol. The summed E-state index contributed by atoms with van der Waals surface area (Å²) in [5, 5.41) is 7.81. The van der Waals surface area contributed by atoms with Crippen LogP contribution in [-0.4, -0.2) is 9.13 Å². The van der Waals surface area contributed by atoms with Crippen molar-refractivity contribution < 1.29 is 20.8 Å². The molecule has 5 heteroatoms. The van der Waals surface area contributed by atoms with Crippen LogP contribution in [0.15, 0.2) is 146 Å². The minimum Gasteiger partial charge on any atom is -0.403 e. The minimum atomic E-state index is -0.826. The Morgan fingerprint density at radius 2 is 1.18 bits per heavy atom. The summed E-state index contributed by atoms with van der Waals surface area (Å²) in [7, 11) is 9.87. The van der Waals surface area contributed by atoms with E-state index in [1.807, 2.05) is 12.1 Å². The second kappa shape index (κ2) is 11.8. The Labute approximate surface area is 246 Å². The molecule has 0 radical (unpaired) electrons. The second-order valence-corrected chi connectivity index (χ2v) is 12.9. The number of hydrogen-bond donors (Lipinski definition) is 0. The first-order valence-corrected chi connectivity index (χ1v) is 19.0. The molecule has 2 heterocycles. The van der Waals surface area contributed by atoms with Crippen molar-refractivity contribution in [2.24, 2.45) is 0 Å². The van der Waals surface area contributed by atoms with E-state index < -0.39 is 20.8 Å². The summed E-state index contributed by atoms with van der Waals surface area (Å²) in [5.41, 5.74) is 5.02. The van der Waals surface area contributed by atoms with Gasteiger partial charge in [0.25, 0.3) is 0 Å². The molecule has 0 atom stereocenters. The number of halogens is 2. The van der Waals surface area contributed by atoms with Crippen LogP contribution >= 0.6 is 17.0 Å². The zero-order valence-electron chi connectivity index (χ0n) is 21.0. The first kappa shape index (κ1) is 25.9. The van der Waals surface area contributed by atoms with Crippen LogP contribution in [0.5, 0.6) is 0 Å². The maximum absolute atomic E-state index is 4.93. The monoisotopic (exact) mass is 620 g/mol. The van der Waals surface area contributed by atoms with Gasteiger partial charge in [0.2, 0.25) is 0 Å². The van der Waals surface area contributed by atoms with Gasteiger partial charge in [0.05, 0.1) is 11.0 Å². The maximum Gasteiger partial charge on any atom is 0.0523 e. The zero-order chi connectivity index (χ0) is 26.6. The summed E-state index contributed by atoms with van der Waals surface area (Å²) in [6.07, 6.45) is 4.14. The van der Waals surface area contributed by atoms with Crippen LogP contribution in [0.2, 0.25) is 0 Å². The summed E-state index contributed by atoms with van der Waals surface area (Å²) in [5.74, 6) is 0. The molecule has 39 heavy (non-hydrogen) atoms. The smallest absolute Gasteiger partial charge is 0.0523 e. The fourth-order valence-electron chi connectivity index (χ4n) is 5.32. The van der Waals surface area contributed by atoms with E-state index in [1.54, 1.807) is 0 Å². The molecule has 0 unspecified atom stereocenters. The van der Waals surface area contributed by atoms with Gasteiger partial charge < -0.3 is 9.13 Å². The molecular formula is C34H24Cl2N2Zr. The summed E-state index contributed by atoms with van der Waals surface area (Å²) in [6.45, 7) is 0. The first-order valence-electron chi connectivity index (χ1n) is 12.7. The van der Waals surface area contributed by atoms with E-state index in [4.69, 9.17) is 17.0 Å². The van der Waals surface area contributed by atoms with Gasteiger partial charge in [-0.3, -0.25) is 0 Å². The fraction of sp³-hybridized carbons (Fsp3) is 0. The van der Waals surface area contributed by atoms with E-state index in [9.17, 15) is 0 Å². The first-order chi connectivity index (χ1) is 19.3. The van der Waals surface area contributed by atoms with Gasteiger partial charge in [-0.1, -0.05) is 89.6 Å². The Bertz CT molecular complexity index is 1890. The van der Waals surface area contributed by atoms with E-state index in [0.717, 1.165) is 0 Å².